The largest absolute Gasteiger partial charge is 0.494 e. The Labute approximate surface area is 103 Å². The van der Waals surface area contributed by atoms with Gasteiger partial charge in [0.15, 0.2) is 0 Å². The molecule has 92 valence electrons. The number of tetrazole rings is 1. The van der Waals surface area contributed by atoms with Crippen LogP contribution in [-0.2, 0) is 4.79 Å². The first-order valence-corrected chi connectivity index (χ1v) is 5.09. The van der Waals surface area contributed by atoms with Gasteiger partial charge in [-0.05, 0) is 34.7 Å². The Morgan fingerprint density at radius 3 is 3.00 bits per heavy atom. The van der Waals surface area contributed by atoms with Crippen LogP contribution in [0.3, 0.4) is 0 Å². The number of rotatable bonds is 4. The normalized spacial score (nSPS) is 9.83. The van der Waals surface area contributed by atoms with Gasteiger partial charge in [0, 0.05) is 5.69 Å². The molecule has 1 heterocycles. The van der Waals surface area contributed by atoms with Gasteiger partial charge in [-0.2, -0.15) is 4.68 Å². The zero-order valence-electron chi connectivity index (χ0n) is 9.70. The van der Waals surface area contributed by atoms with Crippen LogP contribution in [-0.4, -0.2) is 33.2 Å². The number of carbonyl (C=O) groups excluding carboxylic acids is 1. The van der Waals surface area contributed by atoms with E-state index in [1.54, 1.807) is 25.3 Å². The van der Waals surface area contributed by atoms with Crippen LogP contribution in [0.1, 0.15) is 0 Å². The van der Waals surface area contributed by atoms with Gasteiger partial charge in [-0.1, -0.05) is 6.58 Å². The average molecular weight is 245 g/mol. The Morgan fingerprint density at radius 1 is 1.56 bits per heavy atom. The van der Waals surface area contributed by atoms with Gasteiger partial charge in [-0.15, -0.1) is 5.10 Å². The molecule has 2 rings (SSSR count). The number of hydrogen-bond acceptors (Lipinski definition) is 5. The van der Waals surface area contributed by atoms with Gasteiger partial charge < -0.3 is 10.1 Å². The lowest BCUT2D eigenvalue weighted by atomic mass is 10.2. The molecule has 0 aliphatic carbocycles. The van der Waals surface area contributed by atoms with E-state index in [0.29, 0.717) is 17.1 Å². The molecule has 0 unspecified atom stereocenters. The summed E-state index contributed by atoms with van der Waals surface area (Å²) in [7, 11) is 1.55. The minimum Gasteiger partial charge on any atom is -0.494 e. The summed E-state index contributed by atoms with van der Waals surface area (Å²) in [5.41, 5.74) is 1.23. The number of amides is 1. The molecule has 7 heteroatoms. The number of carbonyl (C=O) groups is 1. The Hall–Kier alpha value is -2.70. The lowest BCUT2D eigenvalue weighted by Gasteiger charge is -2.09. The summed E-state index contributed by atoms with van der Waals surface area (Å²) in [6.07, 6.45) is 2.64. The molecule has 7 nitrogen and oxygen atoms in total. The third-order valence-corrected chi connectivity index (χ3v) is 2.23. The van der Waals surface area contributed by atoms with Crippen LogP contribution >= 0.6 is 0 Å². The fourth-order valence-corrected chi connectivity index (χ4v) is 1.41. The molecule has 0 spiro atoms. The van der Waals surface area contributed by atoms with Gasteiger partial charge in [0.05, 0.1) is 7.11 Å². The maximum Gasteiger partial charge on any atom is 0.247 e. The summed E-state index contributed by atoms with van der Waals surface area (Å²) >= 11 is 0. The SMILES string of the molecule is C=CC(=O)Nc1ccc(OC)c(-n2cnnn2)c1. The van der Waals surface area contributed by atoms with E-state index in [4.69, 9.17) is 4.74 Å². The molecule has 2 aromatic rings. The number of aromatic nitrogens is 4. The van der Waals surface area contributed by atoms with Gasteiger partial charge in [0.2, 0.25) is 5.91 Å². The van der Waals surface area contributed by atoms with Gasteiger partial charge in [0.1, 0.15) is 17.8 Å². The number of hydrogen-bond donors (Lipinski definition) is 1. The first kappa shape index (κ1) is 11.8. The molecule has 1 aromatic carbocycles. The fraction of sp³-hybridized carbons (Fsp3) is 0.0909. The van der Waals surface area contributed by atoms with Crippen LogP contribution in [0.25, 0.3) is 5.69 Å². The van der Waals surface area contributed by atoms with Crippen LogP contribution < -0.4 is 10.1 Å². The van der Waals surface area contributed by atoms with E-state index in [-0.39, 0.29) is 5.91 Å². The molecule has 0 aliphatic rings. The molecule has 0 fully saturated rings. The highest BCUT2D eigenvalue weighted by molar-refractivity contribution is 5.99. The third kappa shape index (κ3) is 2.34. The number of anilines is 1. The van der Waals surface area contributed by atoms with E-state index in [0.717, 1.165) is 0 Å². The first-order valence-electron chi connectivity index (χ1n) is 5.09. The number of nitrogens with one attached hydrogen (secondary N) is 1. The van der Waals surface area contributed by atoms with Crippen molar-refractivity contribution in [1.82, 2.24) is 20.2 Å². The highest BCUT2D eigenvalue weighted by Crippen LogP contribution is 2.25. The summed E-state index contributed by atoms with van der Waals surface area (Å²) in [4.78, 5) is 11.2. The smallest absolute Gasteiger partial charge is 0.247 e. The molecule has 1 amide bonds. The second kappa shape index (κ2) is 5.09. The monoisotopic (exact) mass is 245 g/mol. The molecule has 0 aliphatic heterocycles. The Balaban J connectivity index is 2.39. The zero-order valence-corrected chi connectivity index (χ0v) is 9.70. The van der Waals surface area contributed by atoms with Gasteiger partial charge in [-0.25, -0.2) is 0 Å². The first-order chi connectivity index (χ1) is 8.74. The molecule has 0 saturated carbocycles. The van der Waals surface area contributed by atoms with Crippen LogP contribution in [0.2, 0.25) is 0 Å². The predicted molar refractivity (Wildman–Crippen MR) is 64.5 cm³/mol. The molecule has 0 radical (unpaired) electrons. The van der Waals surface area contributed by atoms with E-state index in [1.807, 2.05) is 0 Å². The number of benzene rings is 1. The summed E-state index contributed by atoms with van der Waals surface area (Å²) in [5.74, 6) is 0.307. The molecule has 0 bridgehead atoms. The van der Waals surface area contributed by atoms with Crippen molar-refractivity contribution in [2.45, 2.75) is 0 Å². The fourth-order valence-electron chi connectivity index (χ4n) is 1.41. The molecule has 0 saturated heterocycles. The van der Waals surface area contributed by atoms with Crippen molar-refractivity contribution in [2.24, 2.45) is 0 Å². The molecular weight excluding hydrogens is 234 g/mol. The Bertz CT molecular complexity index is 565. The van der Waals surface area contributed by atoms with Gasteiger partial charge >= 0.3 is 0 Å². The number of methoxy groups -OCH3 is 1. The zero-order chi connectivity index (χ0) is 13.0. The summed E-state index contributed by atoms with van der Waals surface area (Å²) < 4.78 is 6.65. The molecule has 0 atom stereocenters. The summed E-state index contributed by atoms with van der Waals surface area (Å²) in [5, 5.41) is 13.5. The van der Waals surface area contributed by atoms with Crippen LogP contribution in [0, 0.1) is 0 Å². The third-order valence-electron chi connectivity index (χ3n) is 2.23. The van der Waals surface area contributed by atoms with Crippen molar-refractivity contribution >= 4 is 11.6 Å². The Kier molecular flexibility index (Phi) is 3.33. The van der Waals surface area contributed by atoms with Gasteiger partial charge in [-0.3, -0.25) is 4.79 Å². The average Bonchev–Trinajstić information content (AvgIpc) is 2.92. The maximum absolute atomic E-state index is 11.2. The van der Waals surface area contributed by atoms with E-state index in [2.05, 4.69) is 27.4 Å². The summed E-state index contributed by atoms with van der Waals surface area (Å²) in [6, 6.07) is 5.14. The van der Waals surface area contributed by atoms with Crippen LogP contribution in [0.15, 0.2) is 37.2 Å². The van der Waals surface area contributed by atoms with E-state index >= 15 is 0 Å². The minimum atomic E-state index is -0.289. The van der Waals surface area contributed by atoms with E-state index in [1.165, 1.54) is 17.1 Å². The van der Waals surface area contributed by atoms with Crippen molar-refractivity contribution < 1.29 is 9.53 Å². The van der Waals surface area contributed by atoms with Gasteiger partial charge in [0.25, 0.3) is 0 Å². The molecule has 18 heavy (non-hydrogen) atoms. The number of nitrogens with zero attached hydrogens (tertiary/aromatic N) is 4. The highest BCUT2D eigenvalue weighted by Gasteiger charge is 2.08. The van der Waals surface area contributed by atoms with Crippen molar-refractivity contribution in [2.75, 3.05) is 12.4 Å². The second-order valence-corrected chi connectivity index (χ2v) is 3.33. The van der Waals surface area contributed by atoms with Crippen molar-refractivity contribution in [3.63, 3.8) is 0 Å². The lowest BCUT2D eigenvalue weighted by molar-refractivity contribution is -0.111. The maximum atomic E-state index is 11.2. The molecular formula is C11H11N5O2. The molecule has 1 aromatic heterocycles. The Morgan fingerprint density at radius 2 is 2.39 bits per heavy atom. The second-order valence-electron chi connectivity index (χ2n) is 3.33. The molecule has 1 N–H and O–H groups in total. The van der Waals surface area contributed by atoms with Crippen molar-refractivity contribution in [3.05, 3.63) is 37.2 Å². The van der Waals surface area contributed by atoms with Crippen molar-refractivity contribution in [3.8, 4) is 11.4 Å². The van der Waals surface area contributed by atoms with E-state index < -0.39 is 0 Å². The quantitative estimate of drug-likeness (QED) is 0.805. The van der Waals surface area contributed by atoms with Crippen molar-refractivity contribution in [1.29, 1.82) is 0 Å². The standard InChI is InChI=1S/C11H11N5O2/c1-3-11(17)13-8-4-5-10(18-2)9(6-8)16-7-12-14-15-16/h3-7H,1H2,2H3,(H,13,17). The van der Waals surface area contributed by atoms with Crippen LogP contribution in [0.5, 0.6) is 5.75 Å². The predicted octanol–water partition coefficient (Wildman–Crippen LogP) is 0.795. The summed E-state index contributed by atoms with van der Waals surface area (Å²) in [6.45, 7) is 3.39. The minimum absolute atomic E-state index is 0.289. The topological polar surface area (TPSA) is 81.9 Å². The number of ether oxygens (including phenoxy) is 1. The van der Waals surface area contributed by atoms with Crippen LogP contribution in [0.4, 0.5) is 5.69 Å². The van der Waals surface area contributed by atoms with E-state index in [9.17, 15) is 4.79 Å². The lowest BCUT2D eigenvalue weighted by Crippen LogP contribution is -2.08. The highest BCUT2D eigenvalue weighted by atomic mass is 16.5.